The van der Waals surface area contributed by atoms with E-state index in [2.05, 4.69) is 21.8 Å². The molecule has 0 aromatic carbocycles. The summed E-state index contributed by atoms with van der Waals surface area (Å²) in [5.74, 6) is 0.907. The van der Waals surface area contributed by atoms with E-state index in [9.17, 15) is 0 Å². The van der Waals surface area contributed by atoms with E-state index in [-0.39, 0.29) is 0 Å². The van der Waals surface area contributed by atoms with Gasteiger partial charge < -0.3 is 10.6 Å². The molecule has 1 aromatic rings. The molecule has 1 heterocycles. The van der Waals surface area contributed by atoms with Crippen LogP contribution in [-0.2, 0) is 0 Å². The van der Waals surface area contributed by atoms with Crippen LogP contribution in [-0.4, -0.2) is 22.6 Å². The van der Waals surface area contributed by atoms with Crippen LogP contribution < -0.4 is 10.6 Å². The summed E-state index contributed by atoms with van der Waals surface area (Å²) in [4.78, 5) is 10.6. The first kappa shape index (κ1) is 11.2. The number of nitrogens with two attached hydrogens (primary N) is 1. The molecule has 88 valence electrons. The molecule has 0 bridgehead atoms. The summed E-state index contributed by atoms with van der Waals surface area (Å²) < 4.78 is 0. The van der Waals surface area contributed by atoms with Crippen molar-refractivity contribution in [1.29, 1.82) is 0 Å². The zero-order valence-corrected chi connectivity index (χ0v) is 9.89. The molecule has 1 aliphatic rings. The molecule has 1 aromatic heterocycles. The number of hydrogen-bond acceptors (Lipinski definition) is 4. The topological polar surface area (TPSA) is 55.0 Å². The predicted octanol–water partition coefficient (Wildman–Crippen LogP) is 2.22. The van der Waals surface area contributed by atoms with Crippen molar-refractivity contribution >= 4 is 11.5 Å². The smallest absolute Gasteiger partial charge is 0.155 e. The Morgan fingerprint density at radius 2 is 2.12 bits per heavy atom. The lowest BCUT2D eigenvalue weighted by molar-refractivity contribution is 0.416. The van der Waals surface area contributed by atoms with Gasteiger partial charge in [-0.2, -0.15) is 0 Å². The molecular weight excluding hydrogens is 200 g/mol. The van der Waals surface area contributed by atoms with Crippen LogP contribution in [0.1, 0.15) is 39.0 Å². The Labute approximate surface area is 96.9 Å². The molecule has 2 N–H and O–H groups in total. The van der Waals surface area contributed by atoms with Crippen LogP contribution >= 0.6 is 0 Å². The van der Waals surface area contributed by atoms with Crippen LogP contribution in [0.3, 0.4) is 0 Å². The third-order valence-corrected chi connectivity index (χ3v) is 3.35. The zero-order valence-electron chi connectivity index (χ0n) is 9.89. The maximum Gasteiger partial charge on any atom is 0.155 e. The van der Waals surface area contributed by atoms with Crippen LogP contribution in [0.4, 0.5) is 11.5 Å². The first-order valence-electron chi connectivity index (χ1n) is 6.15. The second-order valence-corrected chi connectivity index (χ2v) is 4.38. The van der Waals surface area contributed by atoms with Crippen LogP contribution in [0.2, 0.25) is 0 Å². The number of rotatable bonds is 3. The van der Waals surface area contributed by atoms with Gasteiger partial charge in [-0.1, -0.05) is 19.3 Å². The van der Waals surface area contributed by atoms with Gasteiger partial charge in [0.15, 0.2) is 5.82 Å². The summed E-state index contributed by atoms with van der Waals surface area (Å²) in [5, 5.41) is 0. The zero-order chi connectivity index (χ0) is 11.4. The monoisotopic (exact) mass is 220 g/mol. The molecule has 1 saturated carbocycles. The molecule has 0 saturated heterocycles. The molecule has 0 amide bonds. The quantitative estimate of drug-likeness (QED) is 0.848. The molecule has 4 heteroatoms. The molecule has 0 unspecified atom stereocenters. The Morgan fingerprint density at radius 3 is 2.75 bits per heavy atom. The van der Waals surface area contributed by atoms with Crippen LogP contribution in [0.25, 0.3) is 0 Å². The van der Waals surface area contributed by atoms with Crippen LogP contribution in [0.15, 0.2) is 12.5 Å². The van der Waals surface area contributed by atoms with Gasteiger partial charge in [0.25, 0.3) is 0 Å². The summed E-state index contributed by atoms with van der Waals surface area (Å²) in [6.07, 6.45) is 9.81. The summed E-state index contributed by atoms with van der Waals surface area (Å²) in [6.45, 7) is 3.13. The van der Waals surface area contributed by atoms with E-state index in [1.807, 2.05) is 0 Å². The average molecular weight is 220 g/mol. The molecule has 1 aliphatic carbocycles. The first-order valence-corrected chi connectivity index (χ1v) is 6.15. The maximum absolute atomic E-state index is 5.94. The van der Waals surface area contributed by atoms with Crippen molar-refractivity contribution in [2.24, 2.45) is 0 Å². The Bertz CT molecular complexity index is 334. The van der Waals surface area contributed by atoms with Gasteiger partial charge in [-0.3, -0.25) is 0 Å². The summed E-state index contributed by atoms with van der Waals surface area (Å²) in [6, 6.07) is 0.607. The lowest BCUT2D eigenvalue weighted by Crippen LogP contribution is -2.37. The Balaban J connectivity index is 2.18. The molecule has 0 atom stereocenters. The van der Waals surface area contributed by atoms with Gasteiger partial charge >= 0.3 is 0 Å². The molecule has 0 radical (unpaired) electrons. The fourth-order valence-corrected chi connectivity index (χ4v) is 2.55. The van der Waals surface area contributed by atoms with E-state index in [4.69, 9.17) is 5.73 Å². The average Bonchev–Trinajstić information content (AvgIpc) is 2.34. The standard InChI is InChI=1S/C12H20N4/c1-2-16(10-6-4-3-5-7-10)12-11(13)8-14-9-15-12/h8-10H,2-7,13H2,1H3. The van der Waals surface area contributed by atoms with Crippen molar-refractivity contribution in [3.63, 3.8) is 0 Å². The van der Waals surface area contributed by atoms with Gasteiger partial charge in [0.1, 0.15) is 6.33 Å². The van der Waals surface area contributed by atoms with Gasteiger partial charge in [0, 0.05) is 12.6 Å². The largest absolute Gasteiger partial charge is 0.394 e. The van der Waals surface area contributed by atoms with Crippen molar-refractivity contribution in [2.75, 3.05) is 17.2 Å². The third-order valence-electron chi connectivity index (χ3n) is 3.35. The maximum atomic E-state index is 5.94. The van der Waals surface area contributed by atoms with Crippen LogP contribution in [0, 0.1) is 0 Å². The normalized spacial score (nSPS) is 17.3. The minimum Gasteiger partial charge on any atom is -0.394 e. The van der Waals surface area contributed by atoms with Gasteiger partial charge in [-0.05, 0) is 19.8 Å². The molecule has 0 aliphatic heterocycles. The van der Waals surface area contributed by atoms with Gasteiger partial charge in [-0.15, -0.1) is 0 Å². The van der Waals surface area contributed by atoms with E-state index >= 15 is 0 Å². The predicted molar refractivity (Wildman–Crippen MR) is 66.3 cm³/mol. The SMILES string of the molecule is CCN(c1ncncc1N)C1CCCCC1. The van der Waals surface area contributed by atoms with E-state index in [0.717, 1.165) is 12.4 Å². The number of nitrogens with zero attached hydrogens (tertiary/aromatic N) is 3. The number of anilines is 2. The van der Waals surface area contributed by atoms with Gasteiger partial charge in [-0.25, -0.2) is 9.97 Å². The highest BCUT2D eigenvalue weighted by atomic mass is 15.2. The number of aromatic nitrogens is 2. The molecule has 1 fully saturated rings. The Morgan fingerprint density at radius 1 is 1.38 bits per heavy atom. The van der Waals surface area contributed by atoms with Crippen molar-refractivity contribution in [3.8, 4) is 0 Å². The van der Waals surface area contributed by atoms with E-state index < -0.39 is 0 Å². The molecule has 4 nitrogen and oxygen atoms in total. The lowest BCUT2D eigenvalue weighted by atomic mass is 9.94. The number of nitrogen functional groups attached to an aromatic ring is 1. The van der Waals surface area contributed by atoms with Crippen molar-refractivity contribution < 1.29 is 0 Å². The van der Waals surface area contributed by atoms with Gasteiger partial charge in [0.2, 0.25) is 0 Å². The van der Waals surface area contributed by atoms with Crippen molar-refractivity contribution in [1.82, 2.24) is 9.97 Å². The van der Waals surface area contributed by atoms with Crippen LogP contribution in [0.5, 0.6) is 0 Å². The Kier molecular flexibility index (Phi) is 3.59. The third kappa shape index (κ3) is 2.26. The Hall–Kier alpha value is -1.32. The van der Waals surface area contributed by atoms with E-state index in [1.165, 1.54) is 32.1 Å². The second kappa shape index (κ2) is 5.14. The first-order chi connectivity index (χ1) is 7.83. The molecule has 0 spiro atoms. The molecule has 2 rings (SSSR count). The second-order valence-electron chi connectivity index (χ2n) is 4.38. The fourth-order valence-electron chi connectivity index (χ4n) is 2.55. The van der Waals surface area contributed by atoms with Gasteiger partial charge in [0.05, 0.1) is 11.9 Å². The van der Waals surface area contributed by atoms with E-state index in [0.29, 0.717) is 11.7 Å². The lowest BCUT2D eigenvalue weighted by Gasteiger charge is -2.34. The summed E-state index contributed by atoms with van der Waals surface area (Å²) in [7, 11) is 0. The van der Waals surface area contributed by atoms with Crippen molar-refractivity contribution in [3.05, 3.63) is 12.5 Å². The minimum atomic E-state index is 0.607. The highest BCUT2D eigenvalue weighted by Gasteiger charge is 2.22. The highest BCUT2D eigenvalue weighted by Crippen LogP contribution is 2.28. The molecule has 16 heavy (non-hydrogen) atoms. The summed E-state index contributed by atoms with van der Waals surface area (Å²) in [5.41, 5.74) is 6.63. The van der Waals surface area contributed by atoms with E-state index in [1.54, 1.807) is 12.5 Å². The highest BCUT2D eigenvalue weighted by molar-refractivity contribution is 5.61. The minimum absolute atomic E-state index is 0.607. The van der Waals surface area contributed by atoms with Crippen molar-refractivity contribution in [2.45, 2.75) is 45.1 Å². The molecular formula is C12H20N4. The fraction of sp³-hybridized carbons (Fsp3) is 0.667. The summed E-state index contributed by atoms with van der Waals surface area (Å²) >= 11 is 0. The number of hydrogen-bond donors (Lipinski definition) is 1.